The first-order valence-corrected chi connectivity index (χ1v) is 6.13. The van der Waals surface area contributed by atoms with Gasteiger partial charge >= 0.3 is 0 Å². The van der Waals surface area contributed by atoms with Crippen LogP contribution in [0.3, 0.4) is 0 Å². The van der Waals surface area contributed by atoms with E-state index in [1.54, 1.807) is 0 Å². The Morgan fingerprint density at radius 3 is 2.53 bits per heavy atom. The fourth-order valence-electron chi connectivity index (χ4n) is 2.54. The topological polar surface area (TPSA) is 70.9 Å². The smallest absolute Gasteiger partial charge is 0.137 e. The molecule has 1 saturated heterocycles. The van der Waals surface area contributed by atoms with E-state index in [9.17, 15) is 0 Å². The molecule has 0 amide bonds. The van der Waals surface area contributed by atoms with Gasteiger partial charge in [0.05, 0.1) is 11.3 Å². The molecule has 1 aromatic heterocycles. The zero-order chi connectivity index (χ0) is 12.6. The molecule has 17 heavy (non-hydrogen) atoms. The molecule has 0 aliphatic carbocycles. The average molecular weight is 235 g/mol. The number of piperidine rings is 1. The summed E-state index contributed by atoms with van der Waals surface area (Å²) in [6.07, 6.45) is 2.39. The average Bonchev–Trinajstić information content (AvgIpc) is 2.55. The van der Waals surface area contributed by atoms with Gasteiger partial charge in [0.25, 0.3) is 0 Å². The van der Waals surface area contributed by atoms with Crippen LogP contribution < -0.4 is 10.6 Å². The van der Waals surface area contributed by atoms with Crippen molar-refractivity contribution < 1.29 is 0 Å². The molecular formula is C12H21N5. The summed E-state index contributed by atoms with van der Waals surface area (Å²) in [5.41, 5.74) is 7.30. The molecule has 1 aliphatic heterocycles. The highest BCUT2D eigenvalue weighted by Crippen LogP contribution is 2.27. The third kappa shape index (κ3) is 2.14. The van der Waals surface area contributed by atoms with Gasteiger partial charge in [0.15, 0.2) is 0 Å². The molecule has 1 aliphatic rings. The van der Waals surface area contributed by atoms with Crippen molar-refractivity contribution in [3.05, 3.63) is 11.3 Å². The number of nitrogens with one attached hydrogen (secondary N) is 1. The van der Waals surface area contributed by atoms with Crippen LogP contribution in [0.2, 0.25) is 0 Å². The van der Waals surface area contributed by atoms with E-state index in [2.05, 4.69) is 16.9 Å². The summed E-state index contributed by atoms with van der Waals surface area (Å²) < 4.78 is 1.85. The standard InChI is InChI=1S/C12H21N5/c1-8-4-6-17(7-5-8)12-10(11(13)14)9(2)15-16(12)3/h8H,4-7H2,1-3H3,(H3,13,14). The molecule has 0 atom stereocenters. The Labute approximate surface area is 102 Å². The number of aromatic nitrogens is 2. The van der Waals surface area contributed by atoms with E-state index in [0.29, 0.717) is 0 Å². The van der Waals surface area contributed by atoms with Gasteiger partial charge in [-0.15, -0.1) is 0 Å². The molecule has 94 valence electrons. The van der Waals surface area contributed by atoms with Crippen molar-refractivity contribution in [2.45, 2.75) is 26.7 Å². The van der Waals surface area contributed by atoms with Crippen LogP contribution in [0.4, 0.5) is 5.82 Å². The Morgan fingerprint density at radius 2 is 2.00 bits per heavy atom. The van der Waals surface area contributed by atoms with Gasteiger partial charge in [-0.1, -0.05) is 6.92 Å². The summed E-state index contributed by atoms with van der Waals surface area (Å²) in [7, 11) is 1.92. The lowest BCUT2D eigenvalue weighted by molar-refractivity contribution is 0.433. The lowest BCUT2D eigenvalue weighted by Crippen LogP contribution is -2.35. The van der Waals surface area contributed by atoms with Gasteiger partial charge in [0.2, 0.25) is 0 Å². The molecule has 1 aromatic rings. The van der Waals surface area contributed by atoms with E-state index >= 15 is 0 Å². The number of amidine groups is 1. The first-order valence-electron chi connectivity index (χ1n) is 6.13. The van der Waals surface area contributed by atoms with Gasteiger partial charge in [-0.05, 0) is 25.7 Å². The second kappa shape index (κ2) is 4.39. The Bertz CT molecular complexity index is 426. The van der Waals surface area contributed by atoms with Gasteiger partial charge in [0, 0.05) is 20.1 Å². The van der Waals surface area contributed by atoms with Crippen LogP contribution in [0.1, 0.15) is 31.0 Å². The molecule has 2 rings (SSSR count). The summed E-state index contributed by atoms with van der Waals surface area (Å²) >= 11 is 0. The number of anilines is 1. The lowest BCUT2D eigenvalue weighted by Gasteiger charge is -2.32. The van der Waals surface area contributed by atoms with Crippen molar-refractivity contribution in [1.29, 1.82) is 5.41 Å². The minimum absolute atomic E-state index is 0.115. The van der Waals surface area contributed by atoms with E-state index in [4.69, 9.17) is 11.1 Å². The molecule has 0 bridgehead atoms. The largest absolute Gasteiger partial charge is 0.384 e. The van der Waals surface area contributed by atoms with Crippen LogP contribution in [0.5, 0.6) is 0 Å². The highest BCUT2D eigenvalue weighted by atomic mass is 15.4. The lowest BCUT2D eigenvalue weighted by atomic mass is 9.99. The van der Waals surface area contributed by atoms with Crippen LogP contribution >= 0.6 is 0 Å². The second-order valence-electron chi connectivity index (χ2n) is 4.99. The highest BCUT2D eigenvalue weighted by molar-refractivity contribution is 6.00. The zero-order valence-electron chi connectivity index (χ0n) is 10.8. The molecule has 0 spiro atoms. The Morgan fingerprint density at radius 1 is 1.41 bits per heavy atom. The summed E-state index contributed by atoms with van der Waals surface area (Å²) in [6.45, 7) is 6.26. The minimum atomic E-state index is 0.115. The van der Waals surface area contributed by atoms with Crippen LogP contribution in [0.15, 0.2) is 0 Å². The number of hydrogen-bond donors (Lipinski definition) is 2. The first kappa shape index (κ1) is 12.0. The summed E-state index contributed by atoms with van der Waals surface area (Å²) in [5, 5.41) is 12.1. The molecule has 5 nitrogen and oxygen atoms in total. The first-order chi connectivity index (χ1) is 8.00. The fourth-order valence-corrected chi connectivity index (χ4v) is 2.54. The van der Waals surface area contributed by atoms with E-state index in [0.717, 1.165) is 36.1 Å². The van der Waals surface area contributed by atoms with Crippen molar-refractivity contribution >= 4 is 11.7 Å². The van der Waals surface area contributed by atoms with Crippen LogP contribution in [-0.2, 0) is 7.05 Å². The Kier molecular flexibility index (Phi) is 3.09. The minimum Gasteiger partial charge on any atom is -0.384 e. The summed E-state index contributed by atoms with van der Waals surface area (Å²) in [5.74, 6) is 1.91. The maximum atomic E-state index is 7.69. The van der Waals surface area contributed by atoms with Crippen molar-refractivity contribution in [2.75, 3.05) is 18.0 Å². The van der Waals surface area contributed by atoms with Gasteiger partial charge in [-0.2, -0.15) is 5.10 Å². The molecule has 2 heterocycles. The SMILES string of the molecule is Cc1nn(C)c(N2CCC(C)CC2)c1C(=N)N. The van der Waals surface area contributed by atoms with Gasteiger partial charge < -0.3 is 10.6 Å². The van der Waals surface area contributed by atoms with Crippen LogP contribution in [0, 0.1) is 18.3 Å². The molecule has 5 heteroatoms. The van der Waals surface area contributed by atoms with E-state index < -0.39 is 0 Å². The summed E-state index contributed by atoms with van der Waals surface area (Å²) in [6, 6.07) is 0. The highest BCUT2D eigenvalue weighted by Gasteiger charge is 2.24. The number of nitrogen functional groups attached to an aromatic ring is 1. The monoisotopic (exact) mass is 235 g/mol. The third-order valence-corrected chi connectivity index (χ3v) is 3.54. The third-order valence-electron chi connectivity index (χ3n) is 3.54. The van der Waals surface area contributed by atoms with Gasteiger partial charge in [0.1, 0.15) is 11.7 Å². The molecular weight excluding hydrogens is 214 g/mol. The van der Waals surface area contributed by atoms with Crippen molar-refractivity contribution in [2.24, 2.45) is 18.7 Å². The van der Waals surface area contributed by atoms with E-state index in [1.165, 1.54) is 12.8 Å². The van der Waals surface area contributed by atoms with Crippen molar-refractivity contribution in [3.8, 4) is 0 Å². The molecule has 0 aromatic carbocycles. The van der Waals surface area contributed by atoms with Crippen molar-refractivity contribution in [1.82, 2.24) is 9.78 Å². The molecule has 0 radical (unpaired) electrons. The molecule has 0 saturated carbocycles. The number of nitrogens with zero attached hydrogens (tertiary/aromatic N) is 3. The second-order valence-corrected chi connectivity index (χ2v) is 4.99. The Balaban J connectivity index is 2.34. The van der Waals surface area contributed by atoms with Gasteiger partial charge in [-0.3, -0.25) is 10.1 Å². The quantitative estimate of drug-likeness (QED) is 0.598. The van der Waals surface area contributed by atoms with E-state index in [1.807, 2.05) is 18.7 Å². The molecule has 3 N–H and O–H groups in total. The number of nitrogens with two attached hydrogens (primary N) is 1. The number of aryl methyl sites for hydroxylation is 2. The number of rotatable bonds is 2. The maximum Gasteiger partial charge on any atom is 0.137 e. The molecule has 1 fully saturated rings. The zero-order valence-corrected chi connectivity index (χ0v) is 10.8. The predicted molar refractivity (Wildman–Crippen MR) is 69.6 cm³/mol. The van der Waals surface area contributed by atoms with Crippen molar-refractivity contribution in [3.63, 3.8) is 0 Å². The fraction of sp³-hybridized carbons (Fsp3) is 0.667. The Hall–Kier alpha value is -1.52. The molecule has 0 unspecified atom stereocenters. The van der Waals surface area contributed by atoms with Crippen LogP contribution in [-0.4, -0.2) is 28.7 Å². The predicted octanol–water partition coefficient (Wildman–Crippen LogP) is 1.25. The van der Waals surface area contributed by atoms with Gasteiger partial charge in [-0.25, -0.2) is 0 Å². The number of hydrogen-bond acceptors (Lipinski definition) is 3. The van der Waals surface area contributed by atoms with E-state index in [-0.39, 0.29) is 5.84 Å². The summed E-state index contributed by atoms with van der Waals surface area (Å²) in [4.78, 5) is 2.30. The normalized spacial score (nSPS) is 17.5. The maximum absolute atomic E-state index is 7.69. The van der Waals surface area contributed by atoms with Crippen LogP contribution in [0.25, 0.3) is 0 Å².